The molecular weight excluding hydrogens is 415 g/mol. The van der Waals surface area contributed by atoms with Crippen LogP contribution >= 0.6 is 18.7 Å². The van der Waals surface area contributed by atoms with Gasteiger partial charge in [0.1, 0.15) is 0 Å². The van der Waals surface area contributed by atoms with Crippen LogP contribution in [0.4, 0.5) is 11.4 Å². The first-order chi connectivity index (χ1) is 14.3. The van der Waals surface area contributed by atoms with E-state index in [0.717, 1.165) is 16.0 Å². The van der Waals surface area contributed by atoms with Gasteiger partial charge in [0.2, 0.25) is 7.37 Å². The van der Waals surface area contributed by atoms with Crippen LogP contribution in [0.15, 0.2) is 60.0 Å². The molecular formula is C23H27N2O3PS. The van der Waals surface area contributed by atoms with Crippen LogP contribution in [0.2, 0.25) is 0 Å². The van der Waals surface area contributed by atoms with Crippen molar-refractivity contribution in [3.8, 4) is 10.4 Å². The smallest absolute Gasteiger partial charge is 0.255 e. The Morgan fingerprint density at radius 2 is 1.90 bits per heavy atom. The van der Waals surface area contributed by atoms with Crippen molar-refractivity contribution in [1.29, 1.82) is 0 Å². The zero-order chi connectivity index (χ0) is 21.7. The first-order valence-corrected chi connectivity index (χ1v) is 12.8. The van der Waals surface area contributed by atoms with E-state index in [4.69, 9.17) is 10.3 Å². The maximum absolute atomic E-state index is 12.9. The Balaban J connectivity index is 1.72. The standard InChI is InChI=1S/C23H27N2O3PS/c1-4-29(27,28-16(2)3)15-17-7-9-18(10-8-17)23(26)25-21-14-19(11-12-20(21)24)22-6-5-13-30-22/h5-14,16H,4,15,24H2,1-3H3,(H,25,26). The lowest BCUT2D eigenvalue weighted by molar-refractivity contribution is 0.102. The van der Waals surface area contributed by atoms with E-state index < -0.39 is 7.37 Å². The molecule has 0 saturated heterocycles. The molecule has 1 amide bonds. The number of nitrogens with two attached hydrogens (primary N) is 1. The molecule has 1 heterocycles. The number of nitrogens with one attached hydrogen (secondary N) is 1. The molecule has 0 radical (unpaired) electrons. The summed E-state index contributed by atoms with van der Waals surface area (Å²) >= 11 is 1.63. The minimum atomic E-state index is -2.72. The Morgan fingerprint density at radius 1 is 1.17 bits per heavy atom. The molecule has 0 fully saturated rings. The molecule has 3 rings (SSSR count). The van der Waals surface area contributed by atoms with Crippen molar-refractivity contribution in [2.45, 2.75) is 33.0 Å². The number of carbonyl (C=O) groups excluding carboxylic acids is 1. The molecule has 0 spiro atoms. The lowest BCUT2D eigenvalue weighted by Gasteiger charge is -2.19. The van der Waals surface area contributed by atoms with Gasteiger partial charge in [-0.25, -0.2) is 0 Å². The van der Waals surface area contributed by atoms with E-state index in [0.29, 0.717) is 29.3 Å². The SMILES string of the molecule is CCP(=O)(Cc1ccc(C(=O)Nc2cc(-c3cccs3)ccc2N)cc1)OC(C)C. The third-order valence-electron chi connectivity index (χ3n) is 4.63. The second kappa shape index (κ2) is 9.61. The second-order valence-corrected chi connectivity index (χ2v) is 11.1. The van der Waals surface area contributed by atoms with E-state index in [2.05, 4.69) is 5.32 Å². The zero-order valence-electron chi connectivity index (χ0n) is 17.4. The number of nitrogen functional groups attached to an aromatic ring is 1. The number of hydrogen-bond donors (Lipinski definition) is 2. The highest BCUT2D eigenvalue weighted by atomic mass is 32.1. The average Bonchev–Trinajstić information content (AvgIpc) is 3.24. The van der Waals surface area contributed by atoms with E-state index in [9.17, 15) is 9.36 Å². The van der Waals surface area contributed by atoms with Gasteiger partial charge in [0.15, 0.2) is 0 Å². The van der Waals surface area contributed by atoms with Crippen LogP contribution in [0, 0.1) is 0 Å². The molecule has 3 N–H and O–H groups in total. The van der Waals surface area contributed by atoms with Crippen molar-refractivity contribution in [3.63, 3.8) is 0 Å². The van der Waals surface area contributed by atoms with Gasteiger partial charge >= 0.3 is 0 Å². The quantitative estimate of drug-likeness (QED) is 0.309. The number of benzene rings is 2. The first kappa shape index (κ1) is 22.3. The lowest BCUT2D eigenvalue weighted by atomic mass is 10.1. The fourth-order valence-electron chi connectivity index (χ4n) is 3.10. The number of anilines is 2. The summed E-state index contributed by atoms with van der Waals surface area (Å²) in [6.07, 6.45) is 0.753. The Hall–Kier alpha value is -2.40. The van der Waals surface area contributed by atoms with E-state index >= 15 is 0 Å². The van der Waals surface area contributed by atoms with Crippen LogP contribution in [-0.4, -0.2) is 18.2 Å². The van der Waals surface area contributed by atoms with E-state index in [1.54, 1.807) is 29.5 Å². The molecule has 5 nitrogen and oxygen atoms in total. The monoisotopic (exact) mass is 442 g/mol. The van der Waals surface area contributed by atoms with Gasteiger partial charge in [-0.05, 0) is 60.7 Å². The number of amides is 1. The van der Waals surface area contributed by atoms with Gasteiger partial charge in [-0.3, -0.25) is 9.36 Å². The predicted molar refractivity (Wildman–Crippen MR) is 127 cm³/mol. The normalized spacial score (nSPS) is 13.2. The highest BCUT2D eigenvalue weighted by Gasteiger charge is 2.23. The minimum Gasteiger partial charge on any atom is -0.397 e. The highest BCUT2D eigenvalue weighted by Crippen LogP contribution is 2.50. The zero-order valence-corrected chi connectivity index (χ0v) is 19.1. The molecule has 1 unspecified atom stereocenters. The molecule has 3 aromatic rings. The molecule has 0 aliphatic carbocycles. The van der Waals surface area contributed by atoms with Gasteiger partial charge in [0.25, 0.3) is 5.91 Å². The van der Waals surface area contributed by atoms with Crippen molar-refractivity contribution in [2.24, 2.45) is 0 Å². The van der Waals surface area contributed by atoms with Crippen LogP contribution in [-0.2, 0) is 15.3 Å². The third-order valence-corrected chi connectivity index (χ3v) is 8.17. The van der Waals surface area contributed by atoms with Gasteiger partial charge in [0.05, 0.1) is 17.5 Å². The van der Waals surface area contributed by atoms with Gasteiger partial charge in [0, 0.05) is 22.8 Å². The fourth-order valence-corrected chi connectivity index (χ4v) is 5.81. The predicted octanol–water partition coefficient (Wildman–Crippen LogP) is 6.47. The molecule has 1 aromatic heterocycles. The molecule has 1 atom stereocenters. The summed E-state index contributed by atoms with van der Waals surface area (Å²) in [6.45, 7) is 5.64. The van der Waals surface area contributed by atoms with Crippen LogP contribution in [0.5, 0.6) is 0 Å². The summed E-state index contributed by atoms with van der Waals surface area (Å²) < 4.78 is 18.5. The molecule has 7 heteroatoms. The highest BCUT2D eigenvalue weighted by molar-refractivity contribution is 7.58. The summed E-state index contributed by atoms with van der Waals surface area (Å²) in [5.41, 5.74) is 9.55. The minimum absolute atomic E-state index is 0.0868. The lowest BCUT2D eigenvalue weighted by Crippen LogP contribution is -2.13. The van der Waals surface area contributed by atoms with Crippen molar-refractivity contribution < 1.29 is 13.9 Å². The number of carbonyl (C=O) groups is 1. The molecule has 0 bridgehead atoms. The van der Waals surface area contributed by atoms with Gasteiger partial charge in [-0.1, -0.05) is 31.2 Å². The summed E-state index contributed by atoms with van der Waals surface area (Å²) in [5, 5.41) is 4.90. The molecule has 30 heavy (non-hydrogen) atoms. The summed E-state index contributed by atoms with van der Waals surface area (Å²) in [5.74, 6) is -0.242. The van der Waals surface area contributed by atoms with Crippen molar-refractivity contribution in [3.05, 3.63) is 71.1 Å². The van der Waals surface area contributed by atoms with Crippen LogP contribution in [0.3, 0.4) is 0 Å². The largest absolute Gasteiger partial charge is 0.397 e. The maximum atomic E-state index is 12.9. The van der Waals surface area contributed by atoms with Crippen molar-refractivity contribution in [2.75, 3.05) is 17.2 Å². The molecule has 0 saturated carbocycles. The summed E-state index contributed by atoms with van der Waals surface area (Å²) in [4.78, 5) is 13.8. The van der Waals surface area contributed by atoms with E-state index in [1.165, 1.54) is 0 Å². The Kier molecular flexibility index (Phi) is 7.14. The molecule has 0 aliphatic rings. The molecule has 2 aromatic carbocycles. The number of thiophene rings is 1. The van der Waals surface area contributed by atoms with Gasteiger partial charge in [-0.15, -0.1) is 11.3 Å². The van der Waals surface area contributed by atoms with Crippen molar-refractivity contribution >= 4 is 36.0 Å². The van der Waals surface area contributed by atoms with E-state index in [1.807, 2.05) is 62.5 Å². The Morgan fingerprint density at radius 3 is 2.50 bits per heavy atom. The number of hydrogen-bond acceptors (Lipinski definition) is 5. The average molecular weight is 443 g/mol. The second-order valence-electron chi connectivity index (χ2n) is 7.37. The topological polar surface area (TPSA) is 81.4 Å². The summed E-state index contributed by atoms with van der Waals surface area (Å²) in [6, 6.07) is 16.8. The first-order valence-electron chi connectivity index (χ1n) is 9.90. The molecule has 0 aliphatic heterocycles. The van der Waals surface area contributed by atoms with Crippen LogP contribution in [0.25, 0.3) is 10.4 Å². The fraction of sp³-hybridized carbons (Fsp3) is 0.261. The molecule has 158 valence electrons. The van der Waals surface area contributed by atoms with Gasteiger partial charge < -0.3 is 15.6 Å². The Bertz CT molecular complexity index is 1050. The van der Waals surface area contributed by atoms with Crippen LogP contribution in [0.1, 0.15) is 36.7 Å². The third kappa shape index (κ3) is 5.60. The number of rotatable bonds is 8. The van der Waals surface area contributed by atoms with Gasteiger partial charge in [-0.2, -0.15) is 0 Å². The maximum Gasteiger partial charge on any atom is 0.255 e. The Labute approximate surface area is 181 Å². The van der Waals surface area contributed by atoms with E-state index in [-0.39, 0.29) is 12.0 Å². The van der Waals surface area contributed by atoms with Crippen LogP contribution < -0.4 is 11.1 Å². The van der Waals surface area contributed by atoms with Crippen molar-refractivity contribution in [1.82, 2.24) is 0 Å². The summed E-state index contributed by atoms with van der Waals surface area (Å²) in [7, 11) is -2.72.